The monoisotopic (exact) mass is 594 g/mol. The van der Waals surface area contributed by atoms with Gasteiger partial charge >= 0.3 is 0 Å². The highest BCUT2D eigenvalue weighted by atomic mass is 35.5. The molecule has 196 valence electrons. The van der Waals surface area contributed by atoms with Gasteiger partial charge in [0.2, 0.25) is 0 Å². The summed E-state index contributed by atoms with van der Waals surface area (Å²) in [5, 5.41) is -0.755. The molecule has 12 heteroatoms. The number of fused-ring (bicyclic) bond motifs is 1. The van der Waals surface area contributed by atoms with Crippen LogP contribution in [0.4, 0.5) is 5.69 Å². The van der Waals surface area contributed by atoms with Gasteiger partial charge in [-0.3, -0.25) is 19.3 Å². The molecule has 3 aromatic rings. The van der Waals surface area contributed by atoms with Crippen LogP contribution < -0.4 is 19.1 Å². The maximum absolute atomic E-state index is 13.7. The first kappa shape index (κ1) is 26.4. The highest BCUT2D eigenvalue weighted by Crippen LogP contribution is 2.50. The Kier molecular flexibility index (Phi) is 6.86. The van der Waals surface area contributed by atoms with Gasteiger partial charge in [0.25, 0.3) is 17.7 Å². The van der Waals surface area contributed by atoms with Crippen LogP contribution in [0, 0.1) is 0 Å². The molecule has 38 heavy (non-hydrogen) atoms. The number of methoxy groups -OCH3 is 3. The Morgan fingerprint density at radius 1 is 0.632 bits per heavy atom. The third kappa shape index (κ3) is 3.78. The summed E-state index contributed by atoms with van der Waals surface area (Å²) >= 11 is 25.0. The number of amides is 3. The van der Waals surface area contributed by atoms with E-state index in [1.165, 1.54) is 26.2 Å². The molecule has 0 bridgehead atoms. The van der Waals surface area contributed by atoms with Crippen LogP contribution in [0.25, 0.3) is 0 Å². The number of carbonyl (C=O) groups excluding carboxylic acids is 3. The first-order valence-corrected chi connectivity index (χ1v) is 12.6. The molecule has 8 nitrogen and oxygen atoms in total. The van der Waals surface area contributed by atoms with Crippen LogP contribution in [0.5, 0.6) is 17.2 Å². The van der Waals surface area contributed by atoms with Crippen molar-refractivity contribution in [3.63, 3.8) is 0 Å². The Hall–Kier alpha value is -3.17. The van der Waals surface area contributed by atoms with Crippen molar-refractivity contribution >= 4 is 69.8 Å². The van der Waals surface area contributed by atoms with Gasteiger partial charge in [-0.15, -0.1) is 0 Å². The lowest BCUT2D eigenvalue weighted by molar-refractivity contribution is -0.130. The van der Waals surface area contributed by atoms with Crippen LogP contribution in [-0.2, 0) is 4.79 Å². The third-order valence-electron chi connectivity index (χ3n) is 6.58. The average Bonchev–Trinajstić information content (AvgIpc) is 3.18. The number of hydrogen-bond donors (Lipinski definition) is 0. The second kappa shape index (κ2) is 9.85. The number of benzene rings is 3. The first-order chi connectivity index (χ1) is 18.2. The minimum absolute atomic E-state index is 0.161. The molecule has 0 spiro atoms. The third-order valence-corrected chi connectivity index (χ3v) is 8.39. The largest absolute Gasteiger partial charge is 0.497 e. The number of hydrogen-bond acceptors (Lipinski definition) is 6. The molecule has 0 saturated carbocycles. The number of rotatable bonds is 6. The van der Waals surface area contributed by atoms with Gasteiger partial charge in [-0.05, 0) is 42.5 Å². The summed E-state index contributed by atoms with van der Waals surface area (Å²) in [6.07, 6.45) is 0. The molecule has 2 aliphatic heterocycles. The maximum Gasteiger partial charge on any atom is 0.264 e. The van der Waals surface area contributed by atoms with Crippen LogP contribution >= 0.6 is 46.4 Å². The second-order valence-corrected chi connectivity index (χ2v) is 9.90. The Balaban J connectivity index is 1.67. The van der Waals surface area contributed by atoms with E-state index >= 15 is 0 Å². The predicted octanol–water partition coefficient (Wildman–Crippen LogP) is 6.08. The summed E-state index contributed by atoms with van der Waals surface area (Å²) < 4.78 is 16.2. The molecule has 2 aliphatic rings. The SMILES string of the molecule is COc1ccc(N2C(=O)[C@H](N3C(=O)c4c(Cl)c(Cl)c(Cl)c(Cl)c4C3=O)[C@H]2c2cc(OC)ccc2OC)cc1. The Morgan fingerprint density at radius 2 is 1.16 bits per heavy atom. The van der Waals surface area contributed by atoms with Crippen LogP contribution in [0.3, 0.4) is 0 Å². The zero-order valence-corrected chi connectivity index (χ0v) is 23.1. The molecular weight excluding hydrogens is 578 g/mol. The van der Waals surface area contributed by atoms with Crippen LogP contribution in [-0.4, -0.2) is 50.0 Å². The van der Waals surface area contributed by atoms with Crippen molar-refractivity contribution in [3.8, 4) is 17.2 Å². The van der Waals surface area contributed by atoms with Gasteiger partial charge < -0.3 is 19.1 Å². The van der Waals surface area contributed by atoms with E-state index < -0.39 is 29.8 Å². The van der Waals surface area contributed by atoms with Crippen molar-refractivity contribution in [2.24, 2.45) is 0 Å². The zero-order chi connectivity index (χ0) is 27.5. The molecule has 0 aliphatic carbocycles. The van der Waals surface area contributed by atoms with E-state index in [0.29, 0.717) is 28.5 Å². The van der Waals surface area contributed by atoms with Crippen molar-refractivity contribution in [1.82, 2.24) is 4.90 Å². The summed E-state index contributed by atoms with van der Waals surface area (Å²) in [7, 11) is 4.50. The van der Waals surface area contributed by atoms with Gasteiger partial charge in [-0.2, -0.15) is 0 Å². The van der Waals surface area contributed by atoms with Gasteiger partial charge in [0, 0.05) is 11.3 Å². The fourth-order valence-corrected chi connectivity index (χ4v) is 5.77. The number of imide groups is 1. The molecule has 2 atom stereocenters. The van der Waals surface area contributed by atoms with Gasteiger partial charge in [0.15, 0.2) is 0 Å². The van der Waals surface area contributed by atoms with E-state index in [1.807, 2.05) is 0 Å². The summed E-state index contributed by atoms with van der Waals surface area (Å²) in [5.41, 5.74) is 0.615. The summed E-state index contributed by atoms with van der Waals surface area (Å²) in [6, 6.07) is 9.75. The molecule has 0 aromatic heterocycles. The van der Waals surface area contributed by atoms with E-state index in [0.717, 1.165) is 4.90 Å². The van der Waals surface area contributed by atoms with Crippen molar-refractivity contribution < 1.29 is 28.6 Å². The summed E-state index contributed by atoms with van der Waals surface area (Å²) in [6.45, 7) is 0. The molecular formula is C26H18Cl4N2O6. The minimum Gasteiger partial charge on any atom is -0.497 e. The van der Waals surface area contributed by atoms with Crippen molar-refractivity contribution in [2.45, 2.75) is 12.1 Å². The normalized spacial score (nSPS) is 18.4. The molecule has 0 unspecified atom stereocenters. The number of carbonyl (C=O) groups is 3. The topological polar surface area (TPSA) is 85.4 Å². The lowest BCUT2D eigenvalue weighted by Crippen LogP contribution is -2.67. The molecule has 0 N–H and O–H groups in total. The van der Waals surface area contributed by atoms with Gasteiger partial charge in [-0.1, -0.05) is 46.4 Å². The van der Waals surface area contributed by atoms with Crippen LogP contribution in [0.15, 0.2) is 42.5 Å². The predicted molar refractivity (Wildman–Crippen MR) is 144 cm³/mol. The molecule has 3 aromatic carbocycles. The average molecular weight is 596 g/mol. The highest BCUT2D eigenvalue weighted by molar-refractivity contribution is 6.55. The Labute approximate surface area is 237 Å². The standard InChI is InChI=1S/C26H18Cl4N2O6/c1-36-12-6-4-11(5-7-12)31-22(14-10-13(37-2)8-9-15(14)38-3)23(26(31)35)32-24(33)16-17(25(32)34)19(28)21(30)20(29)18(16)27/h4-10,22-23H,1-3H3/t22-,23-/m1/s1. The minimum atomic E-state index is -1.25. The second-order valence-electron chi connectivity index (χ2n) is 8.39. The number of ether oxygens (including phenoxy) is 3. The molecule has 3 amide bonds. The van der Waals surface area contributed by atoms with Crippen molar-refractivity contribution in [3.05, 3.63) is 79.2 Å². The number of anilines is 1. The van der Waals surface area contributed by atoms with Crippen molar-refractivity contribution in [2.75, 3.05) is 26.2 Å². The first-order valence-electron chi connectivity index (χ1n) is 11.1. The van der Waals surface area contributed by atoms with E-state index in [2.05, 4.69) is 0 Å². The Morgan fingerprint density at radius 3 is 1.66 bits per heavy atom. The van der Waals surface area contributed by atoms with Crippen LogP contribution in [0.2, 0.25) is 20.1 Å². The number of nitrogens with zero attached hydrogens (tertiary/aromatic N) is 2. The molecule has 5 rings (SSSR count). The smallest absolute Gasteiger partial charge is 0.264 e. The molecule has 0 radical (unpaired) electrons. The fourth-order valence-electron chi connectivity index (χ4n) is 4.75. The van der Waals surface area contributed by atoms with E-state index in [4.69, 9.17) is 60.6 Å². The number of β-lactam (4-membered cyclic amide) rings is 1. The van der Waals surface area contributed by atoms with E-state index in [1.54, 1.807) is 42.5 Å². The van der Waals surface area contributed by atoms with Gasteiger partial charge in [0.05, 0.1) is 58.6 Å². The highest BCUT2D eigenvalue weighted by Gasteiger charge is 2.59. The van der Waals surface area contributed by atoms with Crippen LogP contribution in [0.1, 0.15) is 32.3 Å². The molecule has 1 saturated heterocycles. The quantitative estimate of drug-likeness (QED) is 0.149. The molecule has 1 fully saturated rings. The lowest BCUT2D eigenvalue weighted by Gasteiger charge is -2.50. The van der Waals surface area contributed by atoms with Gasteiger partial charge in [0.1, 0.15) is 23.3 Å². The summed E-state index contributed by atoms with van der Waals surface area (Å²) in [4.78, 5) is 43.3. The van der Waals surface area contributed by atoms with Gasteiger partial charge in [-0.25, -0.2) is 0 Å². The van der Waals surface area contributed by atoms with E-state index in [-0.39, 0.29) is 31.2 Å². The fraction of sp³-hybridized carbons (Fsp3) is 0.192. The summed E-state index contributed by atoms with van der Waals surface area (Å²) in [5.74, 6) is -0.632. The Bertz CT molecular complexity index is 1460. The molecule has 2 heterocycles. The zero-order valence-electron chi connectivity index (χ0n) is 20.1. The lowest BCUT2D eigenvalue weighted by atomic mass is 9.85. The maximum atomic E-state index is 13.7. The van der Waals surface area contributed by atoms with E-state index in [9.17, 15) is 14.4 Å². The van der Waals surface area contributed by atoms with Crippen molar-refractivity contribution in [1.29, 1.82) is 0 Å². The number of halogens is 4.